The van der Waals surface area contributed by atoms with Crippen molar-refractivity contribution >= 4 is 5.78 Å². The molecule has 3 aliphatic rings. The van der Waals surface area contributed by atoms with E-state index in [2.05, 4.69) is 27.7 Å². The molecule has 30 heavy (non-hydrogen) atoms. The van der Waals surface area contributed by atoms with E-state index in [0.717, 1.165) is 37.5 Å². The van der Waals surface area contributed by atoms with Crippen molar-refractivity contribution in [3.8, 4) is 0 Å². The Morgan fingerprint density at radius 3 is 2.27 bits per heavy atom. The van der Waals surface area contributed by atoms with Crippen molar-refractivity contribution in [2.75, 3.05) is 0 Å². The van der Waals surface area contributed by atoms with Crippen molar-refractivity contribution in [1.82, 2.24) is 5.16 Å². The van der Waals surface area contributed by atoms with Gasteiger partial charge in [0.05, 0.1) is 5.69 Å². The van der Waals surface area contributed by atoms with Gasteiger partial charge in [0, 0.05) is 28.9 Å². The van der Waals surface area contributed by atoms with Gasteiger partial charge in [-0.1, -0.05) is 19.0 Å². The zero-order chi connectivity index (χ0) is 21.6. The topological polar surface area (TPSA) is 69.1 Å². The Kier molecular flexibility index (Phi) is 6.18. The van der Waals surface area contributed by atoms with Crippen LogP contribution in [0.15, 0.2) is 4.52 Å². The Labute approximate surface area is 182 Å². The second kappa shape index (κ2) is 8.41. The summed E-state index contributed by atoms with van der Waals surface area (Å²) in [7, 11) is 0. The minimum atomic E-state index is -0.229. The fourth-order valence-corrected chi connectivity index (χ4v) is 6.09. The number of carbonyl (C=O) groups is 1. The molecule has 1 aromatic heterocycles. The summed E-state index contributed by atoms with van der Waals surface area (Å²) in [4.78, 5) is 11.7. The van der Waals surface area contributed by atoms with Gasteiger partial charge in [-0.05, 0) is 102 Å². The van der Waals surface area contributed by atoms with E-state index in [9.17, 15) is 4.79 Å². The summed E-state index contributed by atoms with van der Waals surface area (Å²) in [6, 6.07) is 0. The molecule has 4 heteroatoms. The molecule has 0 saturated heterocycles. The van der Waals surface area contributed by atoms with Gasteiger partial charge >= 0.3 is 0 Å². The number of hydrogen-bond acceptors (Lipinski definition) is 4. The molecule has 4 rings (SSSR count). The average molecular weight is 415 g/mol. The molecule has 3 saturated carbocycles. The first-order chi connectivity index (χ1) is 14.1. The number of hydrogen-bond donors (Lipinski definition) is 1. The second-order valence-electron chi connectivity index (χ2n) is 12.1. The first-order valence-electron chi connectivity index (χ1n) is 12.4. The fourth-order valence-electron chi connectivity index (χ4n) is 6.09. The SMILES string of the molecule is CC(=O)C1CC(CC(CC(C)(C)N)c2noc(C3CC(CC(C)C)C3)c2C2CC2)C1. The Bertz CT molecular complexity index is 744. The standard InChI is InChI=1S/C26H42N2O2/c1-15(2)8-17-11-21(12-17)25-23(19-6-7-19)24(28-30-25)22(14-26(4,5)27)13-18-9-20(10-18)16(3)29/h15,17-22H,6-14,27H2,1-5H3. The highest BCUT2D eigenvalue weighted by Gasteiger charge is 2.43. The summed E-state index contributed by atoms with van der Waals surface area (Å²) in [6.07, 6.45) is 10.5. The molecule has 1 atom stereocenters. The highest BCUT2D eigenvalue weighted by molar-refractivity contribution is 5.79. The van der Waals surface area contributed by atoms with E-state index < -0.39 is 0 Å². The molecule has 3 aliphatic carbocycles. The molecule has 0 bridgehead atoms. The van der Waals surface area contributed by atoms with Gasteiger partial charge in [0.1, 0.15) is 11.5 Å². The molecule has 4 nitrogen and oxygen atoms in total. The van der Waals surface area contributed by atoms with Crippen molar-refractivity contribution in [3.05, 3.63) is 17.0 Å². The van der Waals surface area contributed by atoms with Crippen LogP contribution in [0.2, 0.25) is 0 Å². The predicted molar refractivity (Wildman–Crippen MR) is 121 cm³/mol. The van der Waals surface area contributed by atoms with Gasteiger partial charge < -0.3 is 10.3 Å². The molecule has 3 fully saturated rings. The maximum absolute atomic E-state index is 11.7. The Morgan fingerprint density at radius 1 is 1.10 bits per heavy atom. The number of rotatable bonds is 10. The van der Waals surface area contributed by atoms with Crippen LogP contribution in [0, 0.1) is 23.7 Å². The average Bonchev–Trinajstić information content (AvgIpc) is 3.29. The van der Waals surface area contributed by atoms with E-state index in [-0.39, 0.29) is 11.5 Å². The molecular formula is C26H42N2O2. The monoisotopic (exact) mass is 414 g/mol. The summed E-state index contributed by atoms with van der Waals surface area (Å²) < 4.78 is 6.10. The normalized spacial score (nSPS) is 30.1. The lowest BCUT2D eigenvalue weighted by Gasteiger charge is -2.37. The van der Waals surface area contributed by atoms with Crippen LogP contribution in [0.25, 0.3) is 0 Å². The molecule has 2 N–H and O–H groups in total. The first kappa shape index (κ1) is 22.0. The van der Waals surface area contributed by atoms with Crippen LogP contribution in [0.3, 0.4) is 0 Å². The maximum atomic E-state index is 11.7. The minimum absolute atomic E-state index is 0.229. The van der Waals surface area contributed by atoms with E-state index >= 15 is 0 Å². The third-order valence-corrected chi connectivity index (χ3v) is 7.77. The van der Waals surface area contributed by atoms with Crippen LogP contribution in [-0.4, -0.2) is 16.5 Å². The lowest BCUT2D eigenvalue weighted by molar-refractivity contribution is -0.124. The molecule has 0 amide bonds. The quantitative estimate of drug-likeness (QED) is 0.487. The van der Waals surface area contributed by atoms with E-state index in [1.807, 2.05) is 0 Å². The van der Waals surface area contributed by atoms with E-state index in [4.69, 9.17) is 15.4 Å². The third kappa shape index (κ3) is 5.00. The zero-order valence-electron chi connectivity index (χ0n) is 19.7. The van der Waals surface area contributed by atoms with Crippen molar-refractivity contribution in [2.24, 2.45) is 29.4 Å². The fraction of sp³-hybridized carbons (Fsp3) is 0.846. The minimum Gasteiger partial charge on any atom is -0.361 e. The highest BCUT2D eigenvalue weighted by atomic mass is 16.5. The van der Waals surface area contributed by atoms with Crippen LogP contribution in [0.1, 0.15) is 127 Å². The summed E-state index contributed by atoms with van der Waals surface area (Å²) >= 11 is 0. The van der Waals surface area contributed by atoms with Crippen LogP contribution >= 0.6 is 0 Å². The molecule has 0 aromatic carbocycles. The second-order valence-corrected chi connectivity index (χ2v) is 12.1. The van der Waals surface area contributed by atoms with Gasteiger partial charge in [-0.3, -0.25) is 4.79 Å². The lowest BCUT2D eigenvalue weighted by Crippen LogP contribution is -2.36. The summed E-state index contributed by atoms with van der Waals surface area (Å²) in [6.45, 7) is 10.6. The molecular weight excluding hydrogens is 372 g/mol. The number of ketones is 1. The Hall–Kier alpha value is -1.16. The van der Waals surface area contributed by atoms with Crippen LogP contribution in [0.4, 0.5) is 0 Å². The number of nitrogens with zero attached hydrogens (tertiary/aromatic N) is 1. The Morgan fingerprint density at radius 2 is 1.73 bits per heavy atom. The Balaban J connectivity index is 1.50. The molecule has 1 aromatic rings. The van der Waals surface area contributed by atoms with Crippen molar-refractivity contribution in [2.45, 2.75) is 116 Å². The van der Waals surface area contributed by atoms with Gasteiger partial charge in [-0.25, -0.2) is 0 Å². The van der Waals surface area contributed by atoms with Crippen molar-refractivity contribution in [1.29, 1.82) is 0 Å². The predicted octanol–water partition coefficient (Wildman–Crippen LogP) is 6.31. The molecule has 0 radical (unpaired) electrons. The van der Waals surface area contributed by atoms with Gasteiger partial charge in [-0.2, -0.15) is 0 Å². The smallest absolute Gasteiger partial charge is 0.143 e. The van der Waals surface area contributed by atoms with Crippen LogP contribution < -0.4 is 5.73 Å². The van der Waals surface area contributed by atoms with E-state index in [1.54, 1.807) is 6.92 Å². The first-order valence-corrected chi connectivity index (χ1v) is 12.4. The highest BCUT2D eigenvalue weighted by Crippen LogP contribution is 2.54. The van der Waals surface area contributed by atoms with E-state index in [0.29, 0.717) is 29.5 Å². The zero-order valence-corrected chi connectivity index (χ0v) is 19.7. The van der Waals surface area contributed by atoms with Gasteiger partial charge in [0.25, 0.3) is 0 Å². The van der Waals surface area contributed by atoms with Crippen LogP contribution in [-0.2, 0) is 4.79 Å². The van der Waals surface area contributed by atoms with Crippen molar-refractivity contribution < 1.29 is 9.32 Å². The molecule has 1 heterocycles. The van der Waals surface area contributed by atoms with Crippen molar-refractivity contribution in [3.63, 3.8) is 0 Å². The van der Waals surface area contributed by atoms with Gasteiger partial charge in [0.2, 0.25) is 0 Å². The summed E-state index contributed by atoms with van der Waals surface area (Å²) in [5, 5.41) is 4.72. The van der Waals surface area contributed by atoms with E-state index in [1.165, 1.54) is 49.1 Å². The molecule has 1 unspecified atom stereocenters. The lowest BCUT2D eigenvalue weighted by atomic mass is 9.67. The number of carbonyl (C=O) groups excluding carboxylic acids is 1. The molecule has 0 spiro atoms. The number of Topliss-reactive ketones (excluding diaryl/α,β-unsaturated/α-hetero) is 1. The number of nitrogens with two attached hydrogens (primary N) is 1. The summed E-state index contributed by atoms with van der Waals surface area (Å²) in [5.74, 6) is 5.68. The molecule has 0 aliphatic heterocycles. The maximum Gasteiger partial charge on any atom is 0.143 e. The summed E-state index contributed by atoms with van der Waals surface area (Å²) in [5.41, 5.74) is 8.92. The molecule has 168 valence electrons. The van der Waals surface area contributed by atoms with Gasteiger partial charge in [0.15, 0.2) is 0 Å². The number of aromatic nitrogens is 1. The third-order valence-electron chi connectivity index (χ3n) is 7.77. The van der Waals surface area contributed by atoms with Crippen LogP contribution in [0.5, 0.6) is 0 Å². The van der Waals surface area contributed by atoms with Gasteiger partial charge in [-0.15, -0.1) is 0 Å². The largest absolute Gasteiger partial charge is 0.361 e.